The summed E-state index contributed by atoms with van der Waals surface area (Å²) < 4.78 is 0. The Balaban J connectivity index is 1.74. The second kappa shape index (κ2) is 5.73. The largest absolute Gasteiger partial charge is 0.268 e. The zero-order valence-electron chi connectivity index (χ0n) is 13.1. The van der Waals surface area contributed by atoms with Gasteiger partial charge in [0.15, 0.2) is 0 Å². The molecule has 0 bridgehead atoms. The monoisotopic (exact) mass is 324 g/mol. The zero-order valence-corrected chi connectivity index (χ0v) is 13.1. The topological polar surface area (TPSA) is 61.2 Å². The Kier molecular flexibility index (Phi) is 3.41. The lowest BCUT2D eigenvalue weighted by Crippen LogP contribution is -2.29. The molecule has 2 amide bonds. The number of hydrogen-bond acceptors (Lipinski definition) is 3. The van der Waals surface area contributed by atoms with E-state index in [4.69, 9.17) is 5.26 Å². The van der Waals surface area contributed by atoms with Crippen LogP contribution in [0.5, 0.6) is 0 Å². The maximum Gasteiger partial charge on any atom is 0.266 e. The molecule has 4 heteroatoms. The minimum absolute atomic E-state index is 0.308. The molecule has 3 aromatic rings. The SMILES string of the molecule is N#Cc1ccc(-c2cccc(N3C(=O)c4ccccc4C3=O)c2)cc1. The summed E-state index contributed by atoms with van der Waals surface area (Å²) in [6, 6.07) is 23.4. The Bertz CT molecular complexity index is 1010. The number of imide groups is 1. The van der Waals surface area contributed by atoms with E-state index in [1.54, 1.807) is 42.5 Å². The summed E-state index contributed by atoms with van der Waals surface area (Å²) in [6.45, 7) is 0. The molecule has 0 aromatic heterocycles. The molecule has 1 heterocycles. The third-order valence-corrected chi connectivity index (χ3v) is 4.25. The Hall–Kier alpha value is -3.71. The molecule has 0 fully saturated rings. The van der Waals surface area contributed by atoms with E-state index in [2.05, 4.69) is 6.07 Å². The summed E-state index contributed by atoms with van der Waals surface area (Å²) in [7, 11) is 0. The fourth-order valence-corrected chi connectivity index (χ4v) is 2.99. The van der Waals surface area contributed by atoms with Crippen LogP contribution in [0.3, 0.4) is 0 Å². The second-order valence-corrected chi connectivity index (χ2v) is 5.73. The minimum Gasteiger partial charge on any atom is -0.268 e. The van der Waals surface area contributed by atoms with E-state index in [1.807, 2.05) is 30.3 Å². The Labute approximate surface area is 144 Å². The van der Waals surface area contributed by atoms with E-state index in [0.717, 1.165) is 11.1 Å². The van der Waals surface area contributed by atoms with Crippen LogP contribution < -0.4 is 4.90 Å². The average Bonchev–Trinajstić information content (AvgIpc) is 2.93. The van der Waals surface area contributed by atoms with E-state index in [0.29, 0.717) is 22.4 Å². The molecule has 4 rings (SSSR count). The number of nitrogens with zero attached hydrogens (tertiary/aromatic N) is 2. The van der Waals surface area contributed by atoms with Gasteiger partial charge in [0.05, 0.1) is 28.4 Å². The van der Waals surface area contributed by atoms with Gasteiger partial charge in [0.2, 0.25) is 0 Å². The summed E-state index contributed by atoms with van der Waals surface area (Å²) in [4.78, 5) is 26.4. The molecule has 1 aliphatic heterocycles. The van der Waals surface area contributed by atoms with Gasteiger partial charge in [0, 0.05) is 0 Å². The number of carbonyl (C=O) groups is 2. The summed E-state index contributed by atoms with van der Waals surface area (Å²) in [5.74, 6) is -0.616. The van der Waals surface area contributed by atoms with Crippen LogP contribution in [-0.4, -0.2) is 11.8 Å². The first kappa shape index (κ1) is 14.9. The van der Waals surface area contributed by atoms with Crippen LogP contribution in [-0.2, 0) is 0 Å². The first-order valence-electron chi connectivity index (χ1n) is 7.77. The molecule has 0 unspecified atom stereocenters. The Morgan fingerprint density at radius 3 is 1.96 bits per heavy atom. The molecule has 25 heavy (non-hydrogen) atoms. The van der Waals surface area contributed by atoms with Gasteiger partial charge < -0.3 is 0 Å². The van der Waals surface area contributed by atoms with Gasteiger partial charge in [-0.3, -0.25) is 9.59 Å². The number of fused-ring (bicyclic) bond motifs is 1. The molecule has 0 N–H and O–H groups in total. The summed E-state index contributed by atoms with van der Waals surface area (Å²) in [6.07, 6.45) is 0. The molecule has 0 aliphatic carbocycles. The molecule has 0 atom stereocenters. The number of nitriles is 1. The van der Waals surface area contributed by atoms with Crippen molar-refractivity contribution in [2.24, 2.45) is 0 Å². The number of carbonyl (C=O) groups excluding carboxylic acids is 2. The highest BCUT2D eigenvalue weighted by atomic mass is 16.2. The maximum absolute atomic E-state index is 12.6. The molecule has 0 saturated heterocycles. The fraction of sp³-hybridized carbons (Fsp3) is 0. The Morgan fingerprint density at radius 1 is 0.720 bits per heavy atom. The van der Waals surface area contributed by atoms with Crippen LogP contribution in [0.25, 0.3) is 11.1 Å². The number of amides is 2. The van der Waals surface area contributed by atoms with Crippen molar-refractivity contribution in [2.75, 3.05) is 4.90 Å². The first-order valence-corrected chi connectivity index (χ1v) is 7.77. The highest BCUT2D eigenvalue weighted by molar-refractivity contribution is 6.34. The number of anilines is 1. The van der Waals surface area contributed by atoms with Crippen molar-refractivity contribution in [3.8, 4) is 17.2 Å². The molecule has 0 spiro atoms. The van der Waals surface area contributed by atoms with Crippen molar-refractivity contribution in [2.45, 2.75) is 0 Å². The molecular weight excluding hydrogens is 312 g/mol. The molecular formula is C21H12N2O2. The first-order chi connectivity index (χ1) is 12.2. The van der Waals surface area contributed by atoms with Gasteiger partial charge in [-0.15, -0.1) is 0 Å². The predicted octanol–water partition coefficient (Wildman–Crippen LogP) is 4.03. The second-order valence-electron chi connectivity index (χ2n) is 5.73. The van der Waals surface area contributed by atoms with Crippen molar-refractivity contribution < 1.29 is 9.59 Å². The van der Waals surface area contributed by atoms with Crippen molar-refractivity contribution in [1.29, 1.82) is 5.26 Å². The molecule has 0 saturated carbocycles. The van der Waals surface area contributed by atoms with Crippen LogP contribution >= 0.6 is 0 Å². The van der Waals surface area contributed by atoms with Crippen LogP contribution in [0.4, 0.5) is 5.69 Å². The highest BCUT2D eigenvalue weighted by Gasteiger charge is 2.36. The van der Waals surface area contributed by atoms with E-state index in [1.165, 1.54) is 4.90 Å². The standard InChI is InChI=1S/C21H12N2O2/c22-13-14-8-10-15(11-9-14)16-4-3-5-17(12-16)23-20(24)18-6-1-2-7-19(18)21(23)25/h1-12H. The third-order valence-electron chi connectivity index (χ3n) is 4.25. The van der Waals surface area contributed by atoms with E-state index in [-0.39, 0.29) is 11.8 Å². The van der Waals surface area contributed by atoms with E-state index >= 15 is 0 Å². The number of rotatable bonds is 2. The zero-order chi connectivity index (χ0) is 17.4. The average molecular weight is 324 g/mol. The van der Waals surface area contributed by atoms with Crippen molar-refractivity contribution in [1.82, 2.24) is 0 Å². The molecule has 0 radical (unpaired) electrons. The molecule has 3 aromatic carbocycles. The minimum atomic E-state index is -0.308. The van der Waals surface area contributed by atoms with E-state index in [9.17, 15) is 9.59 Å². The van der Waals surface area contributed by atoms with Gasteiger partial charge in [0.1, 0.15) is 0 Å². The summed E-state index contributed by atoms with van der Waals surface area (Å²) in [5, 5.41) is 8.90. The molecule has 118 valence electrons. The van der Waals surface area contributed by atoms with Crippen molar-refractivity contribution in [3.05, 3.63) is 89.5 Å². The van der Waals surface area contributed by atoms with Crippen LogP contribution in [0, 0.1) is 11.3 Å². The lowest BCUT2D eigenvalue weighted by Gasteiger charge is -2.15. The lowest BCUT2D eigenvalue weighted by molar-refractivity contribution is 0.0926. The quantitative estimate of drug-likeness (QED) is 0.669. The van der Waals surface area contributed by atoms with E-state index < -0.39 is 0 Å². The summed E-state index contributed by atoms with van der Waals surface area (Å²) >= 11 is 0. The van der Waals surface area contributed by atoms with Gasteiger partial charge in [0.25, 0.3) is 11.8 Å². The predicted molar refractivity (Wildman–Crippen MR) is 94.2 cm³/mol. The van der Waals surface area contributed by atoms with Crippen LogP contribution in [0.2, 0.25) is 0 Å². The van der Waals surface area contributed by atoms with Crippen molar-refractivity contribution >= 4 is 17.5 Å². The van der Waals surface area contributed by atoms with Crippen molar-refractivity contribution in [3.63, 3.8) is 0 Å². The smallest absolute Gasteiger partial charge is 0.266 e. The van der Waals surface area contributed by atoms with Crippen LogP contribution in [0.1, 0.15) is 26.3 Å². The number of benzene rings is 3. The molecule has 4 nitrogen and oxygen atoms in total. The van der Waals surface area contributed by atoms with Gasteiger partial charge in [-0.05, 0) is 47.5 Å². The lowest BCUT2D eigenvalue weighted by atomic mass is 10.0. The summed E-state index contributed by atoms with van der Waals surface area (Å²) in [5.41, 5.74) is 3.76. The molecule has 1 aliphatic rings. The Morgan fingerprint density at radius 2 is 1.36 bits per heavy atom. The van der Waals surface area contributed by atoms with Crippen LogP contribution in [0.15, 0.2) is 72.8 Å². The third kappa shape index (κ3) is 2.39. The van der Waals surface area contributed by atoms with Gasteiger partial charge in [-0.2, -0.15) is 5.26 Å². The highest BCUT2D eigenvalue weighted by Crippen LogP contribution is 2.31. The normalized spacial score (nSPS) is 12.8. The van der Waals surface area contributed by atoms with Gasteiger partial charge >= 0.3 is 0 Å². The maximum atomic E-state index is 12.6. The van der Waals surface area contributed by atoms with Gasteiger partial charge in [-0.25, -0.2) is 4.90 Å². The fourth-order valence-electron chi connectivity index (χ4n) is 2.99. The number of hydrogen-bond donors (Lipinski definition) is 0. The van der Waals surface area contributed by atoms with Gasteiger partial charge in [-0.1, -0.05) is 36.4 Å².